The predicted octanol–water partition coefficient (Wildman–Crippen LogP) is 13.4. The van der Waals surface area contributed by atoms with Crippen LogP contribution in [0.5, 0.6) is 0 Å². The van der Waals surface area contributed by atoms with Crippen LogP contribution in [-0.2, 0) is 0 Å². The third-order valence-corrected chi connectivity index (χ3v) is 9.64. The van der Waals surface area contributed by atoms with Crippen LogP contribution in [-0.4, -0.2) is 0 Å². The molecule has 10 rings (SSSR count). The van der Waals surface area contributed by atoms with Crippen molar-refractivity contribution in [2.45, 2.75) is 0 Å². The van der Waals surface area contributed by atoms with Crippen LogP contribution in [0.4, 0.5) is 17.1 Å². The first-order valence-electron chi connectivity index (χ1n) is 16.6. The quantitative estimate of drug-likeness (QED) is 0.190. The molecule has 10 aromatic rings. The maximum absolute atomic E-state index is 6.67. The van der Waals surface area contributed by atoms with Gasteiger partial charge in [-0.05, 0) is 76.2 Å². The summed E-state index contributed by atoms with van der Waals surface area (Å²) in [6.07, 6.45) is 0. The van der Waals surface area contributed by atoms with Gasteiger partial charge < -0.3 is 13.7 Å². The maximum Gasteiger partial charge on any atom is 0.145 e. The second-order valence-corrected chi connectivity index (χ2v) is 12.5. The molecule has 0 aliphatic rings. The van der Waals surface area contributed by atoms with Gasteiger partial charge in [-0.1, -0.05) is 127 Å². The molecule has 0 aliphatic carbocycles. The van der Waals surface area contributed by atoms with E-state index in [1.165, 1.54) is 16.7 Å². The first-order chi connectivity index (χ1) is 24.3. The van der Waals surface area contributed by atoms with Crippen LogP contribution >= 0.6 is 0 Å². The number of anilines is 3. The van der Waals surface area contributed by atoms with Gasteiger partial charge in [0.25, 0.3) is 0 Å². The molecule has 0 N–H and O–H groups in total. The van der Waals surface area contributed by atoms with Crippen molar-refractivity contribution < 1.29 is 8.83 Å². The van der Waals surface area contributed by atoms with E-state index in [2.05, 4.69) is 163 Å². The molecule has 0 aliphatic heterocycles. The Labute approximate surface area is 282 Å². The maximum atomic E-state index is 6.67. The molecule has 3 nitrogen and oxygen atoms in total. The molecule has 0 saturated heterocycles. The molecule has 0 spiro atoms. The van der Waals surface area contributed by atoms with Crippen molar-refractivity contribution in [2.75, 3.05) is 4.90 Å². The summed E-state index contributed by atoms with van der Waals surface area (Å²) in [5.41, 5.74) is 11.3. The van der Waals surface area contributed by atoms with Gasteiger partial charge in [-0.2, -0.15) is 0 Å². The van der Waals surface area contributed by atoms with E-state index in [4.69, 9.17) is 8.83 Å². The fourth-order valence-electron chi connectivity index (χ4n) is 7.39. The van der Waals surface area contributed by atoms with E-state index >= 15 is 0 Å². The Balaban J connectivity index is 1.31. The van der Waals surface area contributed by atoms with Crippen LogP contribution in [0, 0.1) is 0 Å². The van der Waals surface area contributed by atoms with Crippen LogP contribution in [0.25, 0.3) is 76.9 Å². The fourth-order valence-corrected chi connectivity index (χ4v) is 7.39. The second kappa shape index (κ2) is 11.0. The van der Waals surface area contributed by atoms with Crippen LogP contribution in [0.2, 0.25) is 0 Å². The normalized spacial score (nSPS) is 11.7. The van der Waals surface area contributed by atoms with E-state index in [9.17, 15) is 0 Å². The second-order valence-electron chi connectivity index (χ2n) is 12.5. The minimum atomic E-state index is 0.867. The molecule has 0 amide bonds. The molecule has 2 heterocycles. The Bertz CT molecular complexity index is 2830. The average Bonchev–Trinajstić information content (AvgIpc) is 3.75. The van der Waals surface area contributed by atoms with Crippen molar-refractivity contribution in [3.05, 3.63) is 176 Å². The van der Waals surface area contributed by atoms with Gasteiger partial charge in [0.05, 0.1) is 11.1 Å². The van der Waals surface area contributed by atoms with Crippen LogP contribution in [0.3, 0.4) is 0 Å². The molecule has 0 saturated carbocycles. The first kappa shape index (κ1) is 27.5. The van der Waals surface area contributed by atoms with Crippen molar-refractivity contribution in [3.8, 4) is 22.3 Å². The van der Waals surface area contributed by atoms with Gasteiger partial charge in [0.15, 0.2) is 0 Å². The highest BCUT2D eigenvalue weighted by Crippen LogP contribution is 2.48. The predicted molar refractivity (Wildman–Crippen MR) is 204 cm³/mol. The van der Waals surface area contributed by atoms with Crippen LogP contribution in [0.1, 0.15) is 0 Å². The molecule has 0 radical (unpaired) electrons. The highest BCUT2D eigenvalue weighted by atomic mass is 16.3. The molecule has 230 valence electrons. The van der Waals surface area contributed by atoms with Crippen LogP contribution in [0.15, 0.2) is 185 Å². The highest BCUT2D eigenvalue weighted by Gasteiger charge is 2.23. The summed E-state index contributed by atoms with van der Waals surface area (Å²) in [6.45, 7) is 0. The third-order valence-electron chi connectivity index (χ3n) is 9.64. The topological polar surface area (TPSA) is 29.5 Å². The molecule has 0 atom stereocenters. The summed E-state index contributed by atoms with van der Waals surface area (Å²) in [4.78, 5) is 2.39. The summed E-state index contributed by atoms with van der Waals surface area (Å²) < 4.78 is 13.0. The van der Waals surface area contributed by atoms with Crippen molar-refractivity contribution >= 4 is 71.7 Å². The van der Waals surface area contributed by atoms with Crippen molar-refractivity contribution in [2.24, 2.45) is 0 Å². The minimum absolute atomic E-state index is 0.867. The van der Waals surface area contributed by atoms with Gasteiger partial charge in [-0.15, -0.1) is 0 Å². The van der Waals surface area contributed by atoms with Gasteiger partial charge >= 0.3 is 0 Å². The molecule has 0 unspecified atom stereocenters. The number of para-hydroxylation sites is 2. The lowest BCUT2D eigenvalue weighted by molar-refractivity contribution is 0.669. The molecule has 0 fully saturated rings. The summed E-state index contributed by atoms with van der Waals surface area (Å²) >= 11 is 0. The Morgan fingerprint density at radius 3 is 1.71 bits per heavy atom. The summed E-state index contributed by atoms with van der Waals surface area (Å²) in [5.74, 6) is 0. The van der Waals surface area contributed by atoms with E-state index in [-0.39, 0.29) is 0 Å². The largest absolute Gasteiger partial charge is 0.456 e. The number of hydrogen-bond donors (Lipinski definition) is 0. The van der Waals surface area contributed by atoms with Crippen LogP contribution < -0.4 is 4.90 Å². The van der Waals surface area contributed by atoms with E-state index < -0.39 is 0 Å². The lowest BCUT2D eigenvalue weighted by Gasteiger charge is -2.28. The van der Waals surface area contributed by atoms with Gasteiger partial charge in [-0.3, -0.25) is 0 Å². The lowest BCUT2D eigenvalue weighted by atomic mass is 9.93. The number of fused-ring (bicyclic) bond motifs is 8. The average molecular weight is 628 g/mol. The van der Waals surface area contributed by atoms with E-state index in [0.29, 0.717) is 0 Å². The Morgan fingerprint density at radius 1 is 0.367 bits per heavy atom. The van der Waals surface area contributed by atoms with Gasteiger partial charge in [0.1, 0.15) is 22.3 Å². The lowest BCUT2D eigenvalue weighted by Crippen LogP contribution is -2.11. The zero-order valence-corrected chi connectivity index (χ0v) is 26.5. The molecular weight excluding hydrogens is 599 g/mol. The van der Waals surface area contributed by atoms with Crippen molar-refractivity contribution in [1.82, 2.24) is 0 Å². The summed E-state index contributed by atoms with van der Waals surface area (Å²) in [6, 6.07) is 62.1. The standard InChI is InChI=1S/C46H29NO2/c1-3-13-30(14-4-1)35-25-23-33(28-39(35)31-15-5-2-6-16-31)47(34-24-26-44-40(29-34)37-19-9-11-21-42(37)48-44)41-27-32-17-7-8-18-36(32)46-45(41)38-20-10-12-22-43(38)49-46/h1-29H. The smallest absolute Gasteiger partial charge is 0.145 e. The zero-order chi connectivity index (χ0) is 32.3. The number of nitrogens with zero attached hydrogens (tertiary/aromatic N) is 1. The molecule has 0 bridgehead atoms. The number of furan rings is 2. The Morgan fingerprint density at radius 2 is 0.939 bits per heavy atom. The SMILES string of the molecule is c1ccc(-c2ccc(N(c3ccc4oc5ccccc5c4c3)c3cc4ccccc4c4oc5ccccc5c34)cc2-c2ccccc2)cc1. The number of rotatable bonds is 5. The number of benzene rings is 8. The first-order valence-corrected chi connectivity index (χ1v) is 16.6. The summed E-state index contributed by atoms with van der Waals surface area (Å²) in [5, 5.41) is 6.56. The molecule has 49 heavy (non-hydrogen) atoms. The van der Waals surface area contributed by atoms with Gasteiger partial charge in [0, 0.05) is 32.9 Å². The molecule has 2 aromatic heterocycles. The van der Waals surface area contributed by atoms with Gasteiger partial charge in [0.2, 0.25) is 0 Å². The third kappa shape index (κ3) is 4.44. The Kier molecular flexibility index (Phi) is 6.18. The zero-order valence-electron chi connectivity index (χ0n) is 26.5. The van der Waals surface area contributed by atoms with Crippen molar-refractivity contribution in [3.63, 3.8) is 0 Å². The number of hydrogen-bond acceptors (Lipinski definition) is 3. The van der Waals surface area contributed by atoms with E-state index in [1.807, 2.05) is 18.2 Å². The minimum Gasteiger partial charge on any atom is -0.456 e. The van der Waals surface area contributed by atoms with E-state index in [0.717, 1.165) is 77.3 Å². The van der Waals surface area contributed by atoms with Gasteiger partial charge in [-0.25, -0.2) is 0 Å². The molecule has 3 heteroatoms. The van der Waals surface area contributed by atoms with Crippen molar-refractivity contribution in [1.29, 1.82) is 0 Å². The fraction of sp³-hybridized carbons (Fsp3) is 0. The van der Waals surface area contributed by atoms with E-state index in [1.54, 1.807) is 0 Å². The summed E-state index contributed by atoms with van der Waals surface area (Å²) in [7, 11) is 0. The molecular formula is C46H29NO2. The monoisotopic (exact) mass is 627 g/mol. The Hall–Kier alpha value is -6.58. The molecule has 8 aromatic carbocycles. The highest BCUT2D eigenvalue weighted by molar-refractivity contribution is 6.22.